The van der Waals surface area contributed by atoms with Crippen LogP contribution in [0.2, 0.25) is 0 Å². The van der Waals surface area contributed by atoms with Crippen LogP contribution in [0.1, 0.15) is 24.2 Å². The molecule has 0 spiro atoms. The van der Waals surface area contributed by atoms with Gasteiger partial charge in [0.05, 0.1) is 24.2 Å². The first-order chi connectivity index (χ1) is 16.3. The van der Waals surface area contributed by atoms with Gasteiger partial charge in [-0.15, -0.1) is 0 Å². The largest absolute Gasteiger partial charge is 0.497 e. The summed E-state index contributed by atoms with van der Waals surface area (Å²) in [6, 6.07) is 8.92. The molecule has 0 radical (unpaired) electrons. The summed E-state index contributed by atoms with van der Waals surface area (Å²) >= 11 is 0. The number of fused-ring (bicyclic) bond motifs is 3. The molecule has 0 aliphatic carbocycles. The Morgan fingerprint density at radius 2 is 2.00 bits per heavy atom. The summed E-state index contributed by atoms with van der Waals surface area (Å²) in [6.45, 7) is 1.80. The van der Waals surface area contributed by atoms with E-state index in [1.807, 2.05) is 4.90 Å². The van der Waals surface area contributed by atoms with Gasteiger partial charge in [0, 0.05) is 25.8 Å². The minimum absolute atomic E-state index is 0.0144. The number of rotatable bonds is 5. The molecule has 5 rings (SSSR count). The Labute approximate surface area is 192 Å². The van der Waals surface area contributed by atoms with Gasteiger partial charge >= 0.3 is 6.18 Å². The maximum Gasteiger partial charge on any atom is 0.453 e. The van der Waals surface area contributed by atoms with Gasteiger partial charge in [0.25, 0.3) is 5.76 Å². The molecule has 34 heavy (non-hydrogen) atoms. The second-order valence-electron chi connectivity index (χ2n) is 8.21. The van der Waals surface area contributed by atoms with Crippen LogP contribution in [0.3, 0.4) is 0 Å². The van der Waals surface area contributed by atoms with Crippen LogP contribution >= 0.6 is 0 Å². The van der Waals surface area contributed by atoms with Gasteiger partial charge in [0.1, 0.15) is 29.6 Å². The molecule has 0 N–H and O–H groups in total. The molecule has 0 saturated carbocycles. The molecule has 0 amide bonds. The van der Waals surface area contributed by atoms with Crippen molar-refractivity contribution in [3.05, 3.63) is 57.9 Å². The van der Waals surface area contributed by atoms with Crippen molar-refractivity contribution in [3.8, 4) is 23.0 Å². The number of benzene rings is 2. The van der Waals surface area contributed by atoms with Crippen LogP contribution in [0.5, 0.6) is 23.0 Å². The van der Waals surface area contributed by atoms with Crippen molar-refractivity contribution < 1.29 is 36.5 Å². The van der Waals surface area contributed by atoms with E-state index in [0.717, 1.165) is 12.8 Å². The molecule has 3 aromatic rings. The van der Waals surface area contributed by atoms with Crippen molar-refractivity contribution in [3.63, 3.8) is 0 Å². The minimum Gasteiger partial charge on any atom is -0.497 e. The third kappa shape index (κ3) is 4.30. The topological polar surface area (TPSA) is 70.4 Å². The van der Waals surface area contributed by atoms with E-state index in [0.29, 0.717) is 30.2 Å². The zero-order chi connectivity index (χ0) is 23.9. The van der Waals surface area contributed by atoms with Crippen LogP contribution < -0.4 is 19.6 Å². The fraction of sp³-hybridized carbons (Fsp3) is 0.375. The van der Waals surface area contributed by atoms with E-state index in [9.17, 15) is 18.0 Å². The standard InChI is InChI=1S/C24H22F3NO6/c1-30-14-4-2-5-15(10-14)33-22-20(29)17-7-8-19-18(21(17)34-23(22)24(25,26)27)12-28(13-32-19)11-16-6-3-9-31-16/h2,4-5,7-8,10,16H,3,6,9,11-13H2,1H3/t16-/m0/s1. The molecule has 1 saturated heterocycles. The van der Waals surface area contributed by atoms with Crippen molar-refractivity contribution >= 4 is 11.0 Å². The Hall–Kier alpha value is -3.24. The van der Waals surface area contributed by atoms with Gasteiger partial charge in [-0.3, -0.25) is 9.69 Å². The number of alkyl halides is 3. The molecule has 2 aliphatic heterocycles. The normalized spacial score (nSPS) is 18.5. The SMILES string of the molecule is COc1cccc(Oc2c(C(F)(F)F)oc3c4c(ccc3c2=O)OCN(C[C@@H]2CCCO2)C4)c1. The Kier molecular flexibility index (Phi) is 5.86. The van der Waals surface area contributed by atoms with Crippen molar-refractivity contribution in [2.75, 3.05) is 27.0 Å². The predicted molar refractivity (Wildman–Crippen MR) is 115 cm³/mol. The molecular formula is C24H22F3NO6. The van der Waals surface area contributed by atoms with Crippen LogP contribution in [-0.2, 0) is 17.5 Å². The van der Waals surface area contributed by atoms with Gasteiger partial charge in [-0.05, 0) is 37.1 Å². The number of hydrogen-bond donors (Lipinski definition) is 0. The summed E-state index contributed by atoms with van der Waals surface area (Å²) in [5.74, 6) is -1.67. The Morgan fingerprint density at radius 3 is 2.74 bits per heavy atom. The summed E-state index contributed by atoms with van der Waals surface area (Å²) in [7, 11) is 1.41. The fourth-order valence-corrected chi connectivity index (χ4v) is 4.25. The predicted octanol–water partition coefficient (Wildman–Crippen LogP) is 4.94. The molecule has 180 valence electrons. The van der Waals surface area contributed by atoms with E-state index in [1.165, 1.54) is 25.3 Å². The van der Waals surface area contributed by atoms with E-state index >= 15 is 0 Å². The maximum atomic E-state index is 14.0. The number of methoxy groups -OCH3 is 1. The summed E-state index contributed by atoms with van der Waals surface area (Å²) in [5.41, 5.74) is -0.697. The van der Waals surface area contributed by atoms with E-state index in [-0.39, 0.29) is 36.1 Å². The van der Waals surface area contributed by atoms with Crippen molar-refractivity contribution in [1.29, 1.82) is 0 Å². The summed E-state index contributed by atoms with van der Waals surface area (Å²) in [4.78, 5) is 15.1. The number of halogens is 3. The molecule has 3 heterocycles. The zero-order valence-electron chi connectivity index (χ0n) is 18.3. The number of ether oxygens (including phenoxy) is 4. The Balaban J connectivity index is 1.58. The first kappa shape index (κ1) is 22.5. The van der Waals surface area contributed by atoms with Crippen LogP contribution in [0.15, 0.2) is 45.6 Å². The van der Waals surface area contributed by atoms with Gasteiger partial charge in [-0.1, -0.05) is 6.07 Å². The lowest BCUT2D eigenvalue weighted by atomic mass is 10.1. The van der Waals surface area contributed by atoms with Gasteiger partial charge < -0.3 is 23.4 Å². The van der Waals surface area contributed by atoms with Gasteiger partial charge in [0.2, 0.25) is 11.2 Å². The quantitative estimate of drug-likeness (QED) is 0.515. The summed E-state index contributed by atoms with van der Waals surface area (Å²) in [5, 5.41) is -0.0211. The van der Waals surface area contributed by atoms with E-state index in [2.05, 4.69) is 0 Å². The highest BCUT2D eigenvalue weighted by Crippen LogP contribution is 2.41. The lowest BCUT2D eigenvalue weighted by molar-refractivity contribution is -0.154. The van der Waals surface area contributed by atoms with Crippen LogP contribution in [-0.4, -0.2) is 38.0 Å². The lowest BCUT2D eigenvalue weighted by Crippen LogP contribution is -2.37. The number of nitrogens with zero attached hydrogens (tertiary/aromatic N) is 1. The fourth-order valence-electron chi connectivity index (χ4n) is 4.25. The molecule has 0 unspecified atom stereocenters. The second-order valence-corrected chi connectivity index (χ2v) is 8.21. The average molecular weight is 477 g/mol. The first-order valence-electron chi connectivity index (χ1n) is 10.8. The van der Waals surface area contributed by atoms with Crippen molar-refractivity contribution in [2.45, 2.75) is 31.7 Å². The third-order valence-electron chi connectivity index (χ3n) is 5.87. The van der Waals surface area contributed by atoms with Crippen LogP contribution in [0.25, 0.3) is 11.0 Å². The lowest BCUT2D eigenvalue weighted by Gasteiger charge is -2.30. The monoisotopic (exact) mass is 477 g/mol. The summed E-state index contributed by atoms with van der Waals surface area (Å²) < 4.78 is 69.2. The van der Waals surface area contributed by atoms with Gasteiger partial charge in [-0.25, -0.2) is 0 Å². The molecule has 10 heteroatoms. The highest BCUT2D eigenvalue weighted by molar-refractivity contribution is 5.83. The number of hydrogen-bond acceptors (Lipinski definition) is 7. The van der Waals surface area contributed by atoms with Crippen LogP contribution in [0, 0.1) is 0 Å². The van der Waals surface area contributed by atoms with E-state index in [4.69, 9.17) is 23.4 Å². The molecule has 2 aromatic carbocycles. The van der Waals surface area contributed by atoms with Gasteiger partial charge in [-0.2, -0.15) is 13.2 Å². The smallest absolute Gasteiger partial charge is 0.453 e. The van der Waals surface area contributed by atoms with Crippen molar-refractivity contribution in [1.82, 2.24) is 4.90 Å². The molecule has 0 bridgehead atoms. The Morgan fingerprint density at radius 1 is 1.18 bits per heavy atom. The van der Waals surface area contributed by atoms with Crippen LogP contribution in [0.4, 0.5) is 13.2 Å². The highest BCUT2D eigenvalue weighted by atomic mass is 19.4. The van der Waals surface area contributed by atoms with E-state index in [1.54, 1.807) is 18.2 Å². The summed E-state index contributed by atoms with van der Waals surface area (Å²) in [6.07, 6.45) is -3.03. The molecule has 2 aliphatic rings. The second kappa shape index (κ2) is 8.84. The van der Waals surface area contributed by atoms with Crippen molar-refractivity contribution in [2.24, 2.45) is 0 Å². The maximum absolute atomic E-state index is 14.0. The molecule has 7 nitrogen and oxygen atoms in total. The molecule has 1 aromatic heterocycles. The minimum atomic E-state index is -4.96. The molecule has 1 atom stereocenters. The molecular weight excluding hydrogens is 455 g/mol. The first-order valence-corrected chi connectivity index (χ1v) is 10.8. The van der Waals surface area contributed by atoms with E-state index < -0.39 is 23.1 Å². The third-order valence-corrected chi connectivity index (χ3v) is 5.87. The van der Waals surface area contributed by atoms with Gasteiger partial charge in [0.15, 0.2) is 0 Å². The Bertz CT molecular complexity index is 1270. The molecule has 1 fully saturated rings. The average Bonchev–Trinajstić information content (AvgIpc) is 3.33. The highest BCUT2D eigenvalue weighted by Gasteiger charge is 2.41. The zero-order valence-corrected chi connectivity index (χ0v) is 18.3.